The molecule has 0 aliphatic carbocycles. The number of anilines is 1. The van der Waals surface area contributed by atoms with Crippen molar-refractivity contribution in [3.05, 3.63) is 21.4 Å². The minimum Gasteiger partial charge on any atom is -0.377 e. The third kappa shape index (κ3) is 2.46. The van der Waals surface area contributed by atoms with Gasteiger partial charge in [0.2, 0.25) is 4.96 Å². The Labute approximate surface area is 113 Å². The van der Waals surface area contributed by atoms with E-state index in [1.54, 1.807) is 13.2 Å². The molecule has 19 heavy (non-hydrogen) atoms. The summed E-state index contributed by atoms with van der Waals surface area (Å²) < 4.78 is 6.37. The topological polar surface area (TPSA) is 71.8 Å². The minimum atomic E-state index is -0.142. The SMILES string of the molecule is COCc1nn2c(=O)cc(N3CCNCC3)nc2s1. The van der Waals surface area contributed by atoms with E-state index < -0.39 is 0 Å². The van der Waals surface area contributed by atoms with E-state index in [4.69, 9.17) is 4.74 Å². The number of nitrogens with one attached hydrogen (secondary N) is 1. The average molecular weight is 281 g/mol. The number of hydrogen-bond acceptors (Lipinski definition) is 7. The van der Waals surface area contributed by atoms with Gasteiger partial charge in [-0.05, 0) is 0 Å². The van der Waals surface area contributed by atoms with Gasteiger partial charge in [0.25, 0.3) is 5.56 Å². The fraction of sp³-hybridized carbons (Fsp3) is 0.545. The summed E-state index contributed by atoms with van der Waals surface area (Å²) in [6, 6.07) is 1.55. The van der Waals surface area contributed by atoms with Crippen molar-refractivity contribution in [3.8, 4) is 0 Å². The number of aromatic nitrogens is 3. The molecular formula is C11H15N5O2S. The van der Waals surface area contributed by atoms with Crippen LogP contribution in [-0.2, 0) is 11.3 Å². The minimum absolute atomic E-state index is 0.142. The third-order valence-corrected chi connectivity index (χ3v) is 3.86. The van der Waals surface area contributed by atoms with Gasteiger partial charge in [-0.3, -0.25) is 4.79 Å². The summed E-state index contributed by atoms with van der Waals surface area (Å²) in [7, 11) is 1.61. The summed E-state index contributed by atoms with van der Waals surface area (Å²) in [6.07, 6.45) is 0. The highest BCUT2D eigenvalue weighted by atomic mass is 32.1. The summed E-state index contributed by atoms with van der Waals surface area (Å²) in [4.78, 5) is 19.3. The van der Waals surface area contributed by atoms with E-state index >= 15 is 0 Å². The normalized spacial score (nSPS) is 16.2. The Bertz CT molecular complexity index is 632. The van der Waals surface area contributed by atoms with Crippen molar-refractivity contribution in [2.24, 2.45) is 0 Å². The first kappa shape index (κ1) is 12.5. The second-order valence-corrected chi connectivity index (χ2v) is 5.35. The molecule has 0 saturated carbocycles. The Kier molecular flexibility index (Phi) is 3.45. The van der Waals surface area contributed by atoms with Crippen molar-refractivity contribution < 1.29 is 4.74 Å². The number of methoxy groups -OCH3 is 1. The van der Waals surface area contributed by atoms with E-state index in [0.29, 0.717) is 11.6 Å². The average Bonchev–Trinajstić information content (AvgIpc) is 2.83. The molecule has 0 bridgehead atoms. The van der Waals surface area contributed by atoms with Gasteiger partial charge < -0.3 is 15.0 Å². The summed E-state index contributed by atoms with van der Waals surface area (Å²) >= 11 is 1.39. The summed E-state index contributed by atoms with van der Waals surface area (Å²) in [5.41, 5.74) is -0.142. The Morgan fingerprint density at radius 2 is 2.26 bits per heavy atom. The number of rotatable bonds is 3. The second-order valence-electron chi connectivity index (χ2n) is 4.31. The quantitative estimate of drug-likeness (QED) is 0.833. The van der Waals surface area contributed by atoms with Crippen molar-refractivity contribution in [2.45, 2.75) is 6.61 Å². The molecule has 7 nitrogen and oxygen atoms in total. The van der Waals surface area contributed by atoms with Crippen LogP contribution in [0.5, 0.6) is 0 Å². The predicted octanol–water partition coefficient (Wildman–Crippen LogP) is -0.293. The lowest BCUT2D eigenvalue weighted by Gasteiger charge is -2.27. The maximum absolute atomic E-state index is 12.0. The van der Waals surface area contributed by atoms with Crippen LogP contribution >= 0.6 is 11.3 Å². The van der Waals surface area contributed by atoms with Crippen LogP contribution in [0, 0.1) is 0 Å². The molecule has 0 atom stereocenters. The molecule has 1 N–H and O–H groups in total. The fourth-order valence-corrected chi connectivity index (χ4v) is 2.94. The molecule has 1 saturated heterocycles. The Morgan fingerprint density at radius 3 is 3.00 bits per heavy atom. The van der Waals surface area contributed by atoms with Crippen molar-refractivity contribution in [1.29, 1.82) is 0 Å². The summed E-state index contributed by atoms with van der Waals surface area (Å²) in [5.74, 6) is 0.735. The Balaban J connectivity index is 2.00. The van der Waals surface area contributed by atoms with Gasteiger partial charge >= 0.3 is 0 Å². The fourth-order valence-electron chi connectivity index (χ4n) is 2.08. The van der Waals surface area contributed by atoms with E-state index in [0.717, 1.165) is 37.0 Å². The monoisotopic (exact) mass is 281 g/mol. The van der Waals surface area contributed by atoms with Gasteiger partial charge in [-0.15, -0.1) is 0 Å². The highest BCUT2D eigenvalue weighted by molar-refractivity contribution is 7.16. The van der Waals surface area contributed by atoms with Crippen LogP contribution < -0.4 is 15.8 Å². The van der Waals surface area contributed by atoms with Crippen LogP contribution in [0.3, 0.4) is 0 Å². The molecule has 0 spiro atoms. The lowest BCUT2D eigenvalue weighted by Crippen LogP contribution is -2.44. The van der Waals surface area contributed by atoms with Gasteiger partial charge in [0.15, 0.2) is 0 Å². The zero-order chi connectivity index (χ0) is 13.2. The van der Waals surface area contributed by atoms with E-state index in [-0.39, 0.29) is 5.56 Å². The van der Waals surface area contributed by atoms with Crippen molar-refractivity contribution >= 4 is 22.1 Å². The second kappa shape index (κ2) is 5.24. The molecule has 2 aromatic heterocycles. The van der Waals surface area contributed by atoms with E-state index in [2.05, 4.69) is 20.3 Å². The maximum Gasteiger partial charge on any atom is 0.277 e. The number of piperazine rings is 1. The van der Waals surface area contributed by atoms with Crippen molar-refractivity contribution in [2.75, 3.05) is 38.2 Å². The Hall–Kier alpha value is -1.51. The van der Waals surface area contributed by atoms with Gasteiger partial charge in [-0.1, -0.05) is 11.3 Å². The zero-order valence-electron chi connectivity index (χ0n) is 10.6. The largest absolute Gasteiger partial charge is 0.377 e. The molecule has 0 unspecified atom stereocenters. The van der Waals surface area contributed by atoms with Gasteiger partial charge in [0.1, 0.15) is 10.8 Å². The van der Waals surface area contributed by atoms with Crippen molar-refractivity contribution in [3.63, 3.8) is 0 Å². The molecule has 0 radical (unpaired) electrons. The molecule has 3 rings (SSSR count). The number of nitrogens with zero attached hydrogens (tertiary/aromatic N) is 4. The molecule has 1 fully saturated rings. The molecule has 1 aliphatic heterocycles. The standard InChI is InChI=1S/C11H15N5O2S/c1-18-7-9-14-16-10(17)6-8(13-11(16)19-9)15-4-2-12-3-5-15/h6,12H,2-5,7H2,1H3. The maximum atomic E-state index is 12.0. The van der Waals surface area contributed by atoms with Gasteiger partial charge in [-0.2, -0.15) is 9.61 Å². The first-order chi connectivity index (χ1) is 9.28. The van der Waals surface area contributed by atoms with Gasteiger partial charge in [-0.25, -0.2) is 4.98 Å². The van der Waals surface area contributed by atoms with Crippen molar-refractivity contribution in [1.82, 2.24) is 19.9 Å². The van der Waals surface area contributed by atoms with Crippen LogP contribution in [0.25, 0.3) is 4.96 Å². The lowest BCUT2D eigenvalue weighted by atomic mass is 10.3. The molecule has 8 heteroatoms. The van der Waals surface area contributed by atoms with E-state index in [9.17, 15) is 4.79 Å². The number of ether oxygens (including phenoxy) is 1. The molecule has 1 aliphatic rings. The summed E-state index contributed by atoms with van der Waals surface area (Å²) in [5, 5.41) is 8.22. The highest BCUT2D eigenvalue weighted by Gasteiger charge is 2.15. The zero-order valence-corrected chi connectivity index (χ0v) is 11.4. The van der Waals surface area contributed by atoms with Gasteiger partial charge in [0.05, 0.1) is 6.61 Å². The smallest absolute Gasteiger partial charge is 0.277 e. The molecule has 2 aromatic rings. The van der Waals surface area contributed by atoms with Crippen LogP contribution in [0.1, 0.15) is 5.01 Å². The van der Waals surface area contributed by atoms with Crippen LogP contribution in [0.4, 0.5) is 5.82 Å². The number of fused-ring (bicyclic) bond motifs is 1. The predicted molar refractivity (Wildman–Crippen MR) is 72.9 cm³/mol. The molecule has 0 aromatic carbocycles. The highest BCUT2D eigenvalue weighted by Crippen LogP contribution is 2.16. The van der Waals surface area contributed by atoms with E-state index in [1.807, 2.05) is 0 Å². The molecule has 0 amide bonds. The van der Waals surface area contributed by atoms with Crippen LogP contribution in [0.15, 0.2) is 10.9 Å². The van der Waals surface area contributed by atoms with Gasteiger partial charge in [0, 0.05) is 39.4 Å². The molecular weight excluding hydrogens is 266 g/mol. The Morgan fingerprint density at radius 1 is 1.47 bits per heavy atom. The van der Waals surface area contributed by atoms with Crippen LogP contribution in [0.2, 0.25) is 0 Å². The van der Waals surface area contributed by atoms with E-state index in [1.165, 1.54) is 15.9 Å². The first-order valence-electron chi connectivity index (χ1n) is 6.12. The summed E-state index contributed by atoms with van der Waals surface area (Å²) in [6.45, 7) is 3.96. The molecule has 3 heterocycles. The third-order valence-electron chi connectivity index (χ3n) is 2.98. The molecule has 102 valence electrons. The first-order valence-corrected chi connectivity index (χ1v) is 6.94. The lowest BCUT2D eigenvalue weighted by molar-refractivity contribution is 0.183. The van der Waals surface area contributed by atoms with Crippen LogP contribution in [-0.4, -0.2) is 47.9 Å². The number of hydrogen-bond donors (Lipinski definition) is 1.